The van der Waals surface area contributed by atoms with Crippen LogP contribution in [0.15, 0.2) is 0 Å². The lowest BCUT2D eigenvalue weighted by molar-refractivity contribution is 0.0860. The molecule has 0 heterocycles. The zero-order chi connectivity index (χ0) is 20.6. The van der Waals surface area contributed by atoms with Crippen molar-refractivity contribution in [1.29, 1.82) is 0 Å². The Hall–Kier alpha value is -0.240. The number of hydrogen-bond donors (Lipinski definition) is 6. The van der Waals surface area contributed by atoms with Crippen LogP contribution in [0.5, 0.6) is 0 Å². The molecule has 0 saturated carbocycles. The molecule has 0 aromatic heterocycles. The van der Waals surface area contributed by atoms with Crippen LogP contribution in [-0.2, 0) is 0 Å². The molecule has 0 spiro atoms. The highest BCUT2D eigenvalue weighted by molar-refractivity contribution is 4.52. The van der Waals surface area contributed by atoms with Crippen molar-refractivity contribution in [2.45, 2.75) is 110 Å². The van der Waals surface area contributed by atoms with Gasteiger partial charge in [-0.05, 0) is 19.3 Å². The second-order valence-corrected chi connectivity index (χ2v) is 6.64. The topological polar surface area (TPSA) is 121 Å². The molecule has 0 aliphatic rings. The second kappa shape index (κ2) is 27.0. The summed E-state index contributed by atoms with van der Waals surface area (Å²) in [4.78, 5) is 0. The Kier molecular flexibility index (Phi) is 31.6. The zero-order valence-electron chi connectivity index (χ0n) is 17.3. The zero-order valence-corrected chi connectivity index (χ0v) is 17.3. The summed E-state index contributed by atoms with van der Waals surface area (Å²) in [5.41, 5.74) is 0. The average molecular weight is 383 g/mol. The highest BCUT2D eigenvalue weighted by Crippen LogP contribution is 2.04. The maximum atomic E-state index is 8.91. The molecule has 0 rings (SSSR count). The molecule has 6 nitrogen and oxygen atoms in total. The molecule has 0 radical (unpaired) electrons. The lowest BCUT2D eigenvalue weighted by atomic mass is 10.1. The molecule has 0 fully saturated rings. The average Bonchev–Trinajstić information content (AvgIpc) is 2.68. The fourth-order valence-corrected chi connectivity index (χ4v) is 1.96. The summed E-state index contributed by atoms with van der Waals surface area (Å²) in [5.74, 6) is 0. The van der Waals surface area contributed by atoms with Crippen LogP contribution in [0.2, 0.25) is 0 Å². The molecule has 0 saturated heterocycles. The molecule has 162 valence electrons. The van der Waals surface area contributed by atoms with Gasteiger partial charge in [0.1, 0.15) is 0 Å². The third-order valence-electron chi connectivity index (χ3n) is 3.80. The number of aliphatic hydroxyl groups is 6. The van der Waals surface area contributed by atoms with Crippen LogP contribution >= 0.6 is 0 Å². The van der Waals surface area contributed by atoms with E-state index in [-0.39, 0.29) is 19.8 Å². The highest BCUT2D eigenvalue weighted by atomic mass is 16.3. The number of hydrogen-bond acceptors (Lipinski definition) is 6. The molecule has 0 aromatic carbocycles. The van der Waals surface area contributed by atoms with Crippen LogP contribution in [0.3, 0.4) is 0 Å². The summed E-state index contributed by atoms with van der Waals surface area (Å²) in [7, 11) is 0. The van der Waals surface area contributed by atoms with Gasteiger partial charge >= 0.3 is 0 Å². The lowest BCUT2D eigenvalue weighted by Gasteiger charge is -2.04. The first-order valence-electron chi connectivity index (χ1n) is 10.3. The van der Waals surface area contributed by atoms with E-state index in [0.717, 1.165) is 51.4 Å². The van der Waals surface area contributed by atoms with Crippen LogP contribution in [0.1, 0.15) is 91.4 Å². The van der Waals surface area contributed by atoms with Crippen LogP contribution in [0.4, 0.5) is 0 Å². The monoisotopic (exact) mass is 382 g/mol. The summed E-state index contributed by atoms with van der Waals surface area (Å²) < 4.78 is 0. The molecule has 6 N–H and O–H groups in total. The van der Waals surface area contributed by atoms with Crippen molar-refractivity contribution in [1.82, 2.24) is 0 Å². The molecule has 3 atom stereocenters. The minimum atomic E-state index is -0.491. The number of rotatable bonds is 14. The minimum absolute atomic E-state index is 0.0911. The Bertz CT molecular complexity index is 214. The number of aliphatic hydroxyl groups excluding tert-OH is 6. The molecule has 0 amide bonds. The van der Waals surface area contributed by atoms with Gasteiger partial charge in [0.2, 0.25) is 0 Å². The summed E-state index contributed by atoms with van der Waals surface area (Å²) in [6.45, 7) is 5.99. The van der Waals surface area contributed by atoms with E-state index in [0.29, 0.717) is 0 Å². The Morgan fingerprint density at radius 3 is 1.04 bits per heavy atom. The van der Waals surface area contributed by atoms with Gasteiger partial charge in [-0.1, -0.05) is 72.1 Å². The van der Waals surface area contributed by atoms with Crippen molar-refractivity contribution in [3.63, 3.8) is 0 Å². The Balaban J connectivity index is -0.000000308. The van der Waals surface area contributed by atoms with Crippen molar-refractivity contribution in [3.05, 3.63) is 0 Å². The van der Waals surface area contributed by atoms with E-state index in [2.05, 4.69) is 20.8 Å². The fourth-order valence-electron chi connectivity index (χ4n) is 1.96. The van der Waals surface area contributed by atoms with Gasteiger partial charge in [0.05, 0.1) is 38.1 Å². The molecule has 0 bridgehead atoms. The van der Waals surface area contributed by atoms with Gasteiger partial charge in [0.15, 0.2) is 0 Å². The van der Waals surface area contributed by atoms with Gasteiger partial charge in [-0.3, -0.25) is 0 Å². The molecule has 0 aromatic rings. The van der Waals surface area contributed by atoms with Crippen molar-refractivity contribution in [2.24, 2.45) is 0 Å². The Morgan fingerprint density at radius 2 is 0.769 bits per heavy atom. The highest BCUT2D eigenvalue weighted by Gasteiger charge is 2.00. The van der Waals surface area contributed by atoms with Crippen molar-refractivity contribution >= 4 is 0 Å². The molecule has 3 unspecified atom stereocenters. The second-order valence-electron chi connectivity index (χ2n) is 6.64. The summed E-state index contributed by atoms with van der Waals surface area (Å²) >= 11 is 0. The molecule has 0 aliphatic heterocycles. The largest absolute Gasteiger partial charge is 0.394 e. The van der Waals surface area contributed by atoms with Gasteiger partial charge in [0.25, 0.3) is 0 Å². The first kappa shape index (κ1) is 30.5. The number of unbranched alkanes of at least 4 members (excludes halogenated alkanes) is 5. The Morgan fingerprint density at radius 1 is 0.462 bits per heavy atom. The predicted octanol–water partition coefficient (Wildman–Crippen LogP) is 2.37. The molecule has 0 aliphatic carbocycles. The Labute approximate surface area is 160 Å². The maximum absolute atomic E-state index is 8.91. The van der Waals surface area contributed by atoms with Crippen LogP contribution < -0.4 is 0 Å². The van der Waals surface area contributed by atoms with E-state index in [1.165, 1.54) is 19.3 Å². The van der Waals surface area contributed by atoms with Crippen molar-refractivity contribution < 1.29 is 30.6 Å². The first-order chi connectivity index (χ1) is 12.4. The van der Waals surface area contributed by atoms with Gasteiger partial charge in [-0.25, -0.2) is 0 Å². The third kappa shape index (κ3) is 31.5. The smallest absolute Gasteiger partial charge is 0.0770 e. The van der Waals surface area contributed by atoms with E-state index >= 15 is 0 Å². The summed E-state index contributed by atoms with van der Waals surface area (Å²) in [5, 5.41) is 51.4. The summed E-state index contributed by atoms with van der Waals surface area (Å²) in [6.07, 6.45) is 9.56. The van der Waals surface area contributed by atoms with Crippen LogP contribution in [0, 0.1) is 0 Å². The third-order valence-corrected chi connectivity index (χ3v) is 3.80. The van der Waals surface area contributed by atoms with E-state index in [4.69, 9.17) is 30.6 Å². The van der Waals surface area contributed by atoms with Gasteiger partial charge in [-0.2, -0.15) is 0 Å². The van der Waals surface area contributed by atoms with Crippen LogP contribution in [-0.4, -0.2) is 68.8 Å². The van der Waals surface area contributed by atoms with Gasteiger partial charge in [0, 0.05) is 0 Å². The fraction of sp³-hybridized carbons (Fsp3) is 1.00. The van der Waals surface area contributed by atoms with E-state index in [1.54, 1.807) is 0 Å². The van der Waals surface area contributed by atoms with Gasteiger partial charge < -0.3 is 30.6 Å². The quantitative estimate of drug-likeness (QED) is 0.257. The van der Waals surface area contributed by atoms with Crippen LogP contribution in [0.25, 0.3) is 0 Å². The molecule has 26 heavy (non-hydrogen) atoms. The van der Waals surface area contributed by atoms with Crippen molar-refractivity contribution in [2.75, 3.05) is 19.8 Å². The lowest BCUT2D eigenvalue weighted by Crippen LogP contribution is -2.10. The molecular weight excluding hydrogens is 336 g/mol. The normalized spacial score (nSPS) is 13.7. The first-order valence-corrected chi connectivity index (χ1v) is 10.3. The summed E-state index contributed by atoms with van der Waals surface area (Å²) in [6, 6.07) is 0. The minimum Gasteiger partial charge on any atom is -0.394 e. The predicted molar refractivity (Wildman–Crippen MR) is 107 cm³/mol. The van der Waals surface area contributed by atoms with Gasteiger partial charge in [-0.15, -0.1) is 0 Å². The standard InChI is InChI=1S/C8H18O2.2C6H14O2/c1-2-3-4-5-6-8(10)7-9;2*1-2-3-4-6(8)5-7/h8-10H,2-7H2,1H3;2*6-8H,2-5H2,1H3. The maximum Gasteiger partial charge on any atom is 0.0770 e. The SMILES string of the molecule is CCCCC(O)CO.CCCCC(O)CO.CCCCCCC(O)CO. The van der Waals surface area contributed by atoms with E-state index in [1.807, 2.05) is 0 Å². The molecular formula is C20H46O6. The molecule has 6 heteroatoms. The van der Waals surface area contributed by atoms with E-state index < -0.39 is 18.3 Å². The van der Waals surface area contributed by atoms with E-state index in [9.17, 15) is 0 Å². The van der Waals surface area contributed by atoms with Crippen molar-refractivity contribution in [3.8, 4) is 0 Å².